The molecule has 0 aliphatic carbocycles. The molecule has 2 fully saturated rings. The van der Waals surface area contributed by atoms with E-state index in [4.69, 9.17) is 5.73 Å². The highest BCUT2D eigenvalue weighted by Crippen LogP contribution is 2.33. The van der Waals surface area contributed by atoms with Gasteiger partial charge in [-0.3, -0.25) is 4.90 Å². The van der Waals surface area contributed by atoms with Crippen molar-refractivity contribution in [2.75, 3.05) is 31.9 Å². The van der Waals surface area contributed by atoms with Crippen molar-refractivity contribution in [1.29, 1.82) is 0 Å². The van der Waals surface area contributed by atoms with Gasteiger partial charge in [-0.1, -0.05) is 18.2 Å². The second kappa shape index (κ2) is 6.75. The average molecular weight is 411 g/mol. The lowest BCUT2D eigenvalue weighted by atomic mass is 10.1. The molecule has 1 unspecified atom stereocenters. The lowest BCUT2D eigenvalue weighted by Gasteiger charge is -2.42. The summed E-state index contributed by atoms with van der Waals surface area (Å²) >= 11 is 0. The summed E-state index contributed by atoms with van der Waals surface area (Å²) in [4.78, 5) is 1.46. The number of hydrogen-bond donors (Lipinski definition) is 1. The predicted octanol–water partition coefficient (Wildman–Crippen LogP) is 2.79. The summed E-state index contributed by atoms with van der Waals surface area (Å²) in [7, 11) is -3.89. The highest BCUT2D eigenvalue weighted by Gasteiger charge is 2.48. The van der Waals surface area contributed by atoms with Gasteiger partial charge in [-0.25, -0.2) is 21.6 Å². The van der Waals surface area contributed by atoms with Gasteiger partial charge in [-0.15, -0.1) is 0 Å². The fourth-order valence-electron chi connectivity index (χ4n) is 3.74. The third-order valence-electron chi connectivity index (χ3n) is 5.31. The molecule has 0 aromatic heterocycles. The molecule has 0 bridgehead atoms. The number of halogens is 3. The first-order valence-electron chi connectivity index (χ1n) is 8.93. The Hall–Kier alpha value is -2.10. The molecule has 0 amide bonds. The van der Waals surface area contributed by atoms with Crippen molar-refractivity contribution in [3.8, 4) is 11.1 Å². The van der Waals surface area contributed by atoms with Crippen LogP contribution in [0.2, 0.25) is 0 Å². The van der Waals surface area contributed by atoms with Gasteiger partial charge in [0.15, 0.2) is 0 Å². The minimum atomic E-state index is -3.89. The Morgan fingerprint density at radius 1 is 1.07 bits per heavy atom. The largest absolute Gasteiger partial charge is 0.399 e. The van der Waals surface area contributed by atoms with Gasteiger partial charge in [0.25, 0.3) is 5.92 Å². The normalized spacial score (nSPS) is 22.9. The third kappa shape index (κ3) is 3.49. The van der Waals surface area contributed by atoms with Gasteiger partial charge in [0.2, 0.25) is 10.0 Å². The lowest BCUT2D eigenvalue weighted by Crippen LogP contribution is -2.60. The van der Waals surface area contributed by atoms with Crippen molar-refractivity contribution in [2.24, 2.45) is 0 Å². The van der Waals surface area contributed by atoms with E-state index in [9.17, 15) is 21.6 Å². The molecule has 2 aliphatic heterocycles. The monoisotopic (exact) mass is 411 g/mol. The lowest BCUT2D eigenvalue weighted by molar-refractivity contribution is -0.143. The summed E-state index contributed by atoms with van der Waals surface area (Å²) in [5, 5.41) is 0. The molecule has 28 heavy (non-hydrogen) atoms. The number of nitrogen functional groups attached to an aromatic ring is 1. The number of benzene rings is 2. The van der Waals surface area contributed by atoms with Crippen LogP contribution in [0.4, 0.5) is 18.9 Å². The molecular weight excluding hydrogens is 391 g/mol. The van der Waals surface area contributed by atoms with Gasteiger partial charge in [-0.05, 0) is 36.2 Å². The van der Waals surface area contributed by atoms with Crippen LogP contribution in [0.25, 0.3) is 11.1 Å². The van der Waals surface area contributed by atoms with Crippen LogP contribution in [0.3, 0.4) is 0 Å². The van der Waals surface area contributed by atoms with Crippen LogP contribution in [0.15, 0.2) is 47.4 Å². The van der Waals surface area contributed by atoms with Crippen LogP contribution >= 0.6 is 0 Å². The highest BCUT2D eigenvalue weighted by molar-refractivity contribution is 7.89. The number of rotatable bonds is 4. The zero-order valence-electron chi connectivity index (χ0n) is 15.0. The molecule has 5 nitrogen and oxygen atoms in total. The van der Waals surface area contributed by atoms with Crippen LogP contribution < -0.4 is 5.73 Å². The van der Waals surface area contributed by atoms with E-state index in [1.807, 2.05) is 0 Å². The number of likely N-dealkylation sites (tertiary alicyclic amines) is 1. The molecule has 0 radical (unpaired) electrons. The van der Waals surface area contributed by atoms with Crippen molar-refractivity contribution in [3.63, 3.8) is 0 Å². The second-order valence-electron chi connectivity index (χ2n) is 7.33. The minimum absolute atomic E-state index is 0.139. The van der Waals surface area contributed by atoms with E-state index in [-0.39, 0.29) is 42.7 Å². The molecule has 2 aromatic carbocycles. The Morgan fingerprint density at radius 2 is 1.75 bits per heavy atom. The smallest absolute Gasteiger partial charge is 0.272 e. The van der Waals surface area contributed by atoms with Crippen LogP contribution in [0.5, 0.6) is 0 Å². The molecule has 2 heterocycles. The maximum atomic E-state index is 14.6. The summed E-state index contributed by atoms with van der Waals surface area (Å²) in [5.74, 6) is -3.34. The van der Waals surface area contributed by atoms with Crippen molar-refractivity contribution in [3.05, 3.63) is 48.3 Å². The molecule has 150 valence electrons. The Bertz CT molecular complexity index is 988. The Morgan fingerprint density at radius 3 is 2.36 bits per heavy atom. The highest BCUT2D eigenvalue weighted by atomic mass is 32.2. The average Bonchev–Trinajstić information content (AvgIpc) is 3.11. The summed E-state index contributed by atoms with van der Waals surface area (Å²) in [6, 6.07) is 10.2. The molecule has 4 rings (SSSR count). The quantitative estimate of drug-likeness (QED) is 0.786. The number of nitrogens with two attached hydrogens (primary N) is 1. The maximum Gasteiger partial charge on any atom is 0.272 e. The van der Waals surface area contributed by atoms with Gasteiger partial charge >= 0.3 is 0 Å². The summed E-state index contributed by atoms with van der Waals surface area (Å²) in [6.45, 7) is -0.302. The molecule has 2 N–H and O–H groups in total. The maximum absolute atomic E-state index is 14.6. The van der Waals surface area contributed by atoms with E-state index in [2.05, 4.69) is 0 Å². The van der Waals surface area contributed by atoms with Crippen molar-refractivity contribution >= 4 is 15.7 Å². The van der Waals surface area contributed by atoms with Gasteiger partial charge < -0.3 is 5.73 Å². The van der Waals surface area contributed by atoms with Gasteiger partial charge in [0, 0.05) is 30.4 Å². The van der Waals surface area contributed by atoms with Gasteiger partial charge in [0.05, 0.1) is 18.0 Å². The third-order valence-corrected chi connectivity index (χ3v) is 7.17. The standard InChI is InChI=1S/C19H20F3N3O2S/c20-18-9-16(5-6-17(18)13-1-3-14(23)4-2-13)28(26,27)25-8-7-15(10-25)24-11-19(21,22)12-24/h1-6,9,15H,7-8,10-12,23H2. The molecule has 2 aromatic rings. The minimum Gasteiger partial charge on any atom is -0.399 e. The molecule has 2 aliphatic rings. The van der Waals surface area contributed by atoms with Crippen LogP contribution in [-0.4, -0.2) is 55.8 Å². The topological polar surface area (TPSA) is 66.6 Å². The Labute approximate surface area is 161 Å². The summed E-state index contributed by atoms with van der Waals surface area (Å²) < 4.78 is 67.7. The molecule has 0 spiro atoms. The first-order valence-corrected chi connectivity index (χ1v) is 10.4. The Kier molecular flexibility index (Phi) is 4.64. The first-order chi connectivity index (χ1) is 13.2. The van der Waals surface area contributed by atoms with Crippen LogP contribution in [-0.2, 0) is 10.0 Å². The van der Waals surface area contributed by atoms with Gasteiger partial charge in [-0.2, -0.15) is 4.31 Å². The van der Waals surface area contributed by atoms with E-state index >= 15 is 0 Å². The number of anilines is 1. The first kappa shape index (κ1) is 19.2. The van der Waals surface area contributed by atoms with Crippen LogP contribution in [0.1, 0.15) is 6.42 Å². The van der Waals surface area contributed by atoms with E-state index in [1.54, 1.807) is 29.2 Å². The fourth-order valence-corrected chi connectivity index (χ4v) is 5.24. The molecule has 2 saturated heterocycles. The van der Waals surface area contributed by atoms with Crippen molar-refractivity contribution in [1.82, 2.24) is 9.21 Å². The van der Waals surface area contributed by atoms with E-state index in [0.29, 0.717) is 17.7 Å². The van der Waals surface area contributed by atoms with Crippen molar-refractivity contribution in [2.45, 2.75) is 23.3 Å². The molecular formula is C19H20F3N3O2S. The van der Waals surface area contributed by atoms with Crippen molar-refractivity contribution < 1.29 is 21.6 Å². The molecule has 1 atom stereocenters. The Balaban J connectivity index is 1.52. The molecule has 0 saturated carbocycles. The zero-order chi connectivity index (χ0) is 20.1. The number of alkyl halides is 2. The SMILES string of the molecule is Nc1ccc(-c2ccc(S(=O)(=O)N3CCC(N4CC(F)(F)C4)C3)cc2F)cc1. The number of sulfonamides is 1. The van der Waals surface area contributed by atoms with Gasteiger partial charge in [0.1, 0.15) is 5.82 Å². The number of hydrogen-bond acceptors (Lipinski definition) is 4. The second-order valence-corrected chi connectivity index (χ2v) is 9.27. The van der Waals surface area contributed by atoms with E-state index < -0.39 is 21.8 Å². The predicted molar refractivity (Wildman–Crippen MR) is 99.9 cm³/mol. The van der Waals surface area contributed by atoms with E-state index in [0.717, 1.165) is 6.07 Å². The summed E-state index contributed by atoms with van der Waals surface area (Å²) in [5.41, 5.74) is 7.05. The molecule has 9 heteroatoms. The number of nitrogens with zero attached hydrogens (tertiary/aromatic N) is 2. The summed E-state index contributed by atoms with van der Waals surface area (Å²) in [6.07, 6.45) is 0.487. The van der Waals surface area contributed by atoms with Crippen LogP contribution in [0, 0.1) is 5.82 Å². The zero-order valence-corrected chi connectivity index (χ0v) is 15.8. The fraction of sp³-hybridized carbons (Fsp3) is 0.368. The van der Waals surface area contributed by atoms with E-state index in [1.165, 1.54) is 16.4 Å².